The van der Waals surface area contributed by atoms with Crippen molar-refractivity contribution < 1.29 is 0 Å². The molecule has 1 aliphatic heterocycles. The van der Waals surface area contributed by atoms with Crippen molar-refractivity contribution in [3.05, 3.63) is 11.1 Å². The van der Waals surface area contributed by atoms with E-state index in [-0.39, 0.29) is 0 Å². The van der Waals surface area contributed by atoms with E-state index < -0.39 is 0 Å². The summed E-state index contributed by atoms with van der Waals surface area (Å²) in [7, 11) is 0. The Morgan fingerprint density at radius 1 is 1.47 bits per heavy atom. The molecule has 17 heavy (non-hydrogen) atoms. The Bertz CT molecular complexity index is 353. The second kappa shape index (κ2) is 5.36. The molecule has 3 nitrogen and oxygen atoms in total. The van der Waals surface area contributed by atoms with Crippen molar-refractivity contribution in [2.75, 3.05) is 24.5 Å². The molecule has 2 rings (SSSR count). The van der Waals surface area contributed by atoms with E-state index in [1.165, 1.54) is 10.8 Å². The van der Waals surface area contributed by atoms with Crippen LogP contribution in [-0.2, 0) is 0 Å². The highest BCUT2D eigenvalue weighted by molar-refractivity contribution is 7.13. The minimum Gasteiger partial charge on any atom is -0.348 e. The molecule has 0 radical (unpaired) electrons. The van der Waals surface area contributed by atoms with Gasteiger partial charge in [-0.1, -0.05) is 20.8 Å². The lowest BCUT2D eigenvalue weighted by Gasteiger charge is -2.14. The number of hydrogen-bond donors (Lipinski definition) is 1. The summed E-state index contributed by atoms with van der Waals surface area (Å²) < 4.78 is 0. The van der Waals surface area contributed by atoms with Crippen LogP contribution in [0.5, 0.6) is 0 Å². The van der Waals surface area contributed by atoms with Gasteiger partial charge in [-0.2, -0.15) is 0 Å². The summed E-state index contributed by atoms with van der Waals surface area (Å²) in [6, 6.07) is 0.363. The molecule has 0 spiro atoms. The molecule has 96 valence electrons. The summed E-state index contributed by atoms with van der Waals surface area (Å²) in [4.78, 5) is 7.19. The Labute approximate surface area is 108 Å². The number of thiazole rings is 1. The van der Waals surface area contributed by atoms with E-state index in [4.69, 9.17) is 4.98 Å². The van der Waals surface area contributed by atoms with E-state index in [0.29, 0.717) is 6.04 Å². The monoisotopic (exact) mass is 253 g/mol. The molecule has 0 bridgehead atoms. The molecule has 3 atom stereocenters. The predicted octanol–water partition coefficient (Wildman–Crippen LogP) is 2.91. The lowest BCUT2D eigenvalue weighted by molar-refractivity contribution is 0.494. The van der Waals surface area contributed by atoms with Crippen LogP contribution in [0.3, 0.4) is 0 Å². The fourth-order valence-corrected chi connectivity index (χ4v) is 3.26. The molecule has 1 aromatic rings. The number of anilines is 1. The molecule has 1 fully saturated rings. The first-order chi connectivity index (χ1) is 8.11. The highest BCUT2D eigenvalue weighted by atomic mass is 32.1. The van der Waals surface area contributed by atoms with Gasteiger partial charge in [0.15, 0.2) is 5.13 Å². The molecular formula is C13H23N3S. The normalized spacial score (nSPS) is 26.5. The van der Waals surface area contributed by atoms with Gasteiger partial charge >= 0.3 is 0 Å². The standard InChI is InChI=1S/C13H23N3S/c1-5-14-11(4)12-8-17-13(15-12)16-6-9(2)10(3)7-16/h8-11,14H,5-7H2,1-4H3. The van der Waals surface area contributed by atoms with Crippen LogP contribution in [-0.4, -0.2) is 24.6 Å². The maximum Gasteiger partial charge on any atom is 0.185 e. The van der Waals surface area contributed by atoms with Crippen LogP contribution in [0.1, 0.15) is 39.4 Å². The van der Waals surface area contributed by atoms with Crippen LogP contribution in [0, 0.1) is 11.8 Å². The zero-order valence-corrected chi connectivity index (χ0v) is 12.0. The van der Waals surface area contributed by atoms with Crippen LogP contribution in [0.4, 0.5) is 5.13 Å². The van der Waals surface area contributed by atoms with Gasteiger partial charge in [-0.25, -0.2) is 4.98 Å². The molecule has 0 aliphatic carbocycles. The number of nitrogens with zero attached hydrogens (tertiary/aromatic N) is 2. The van der Waals surface area contributed by atoms with Crippen LogP contribution < -0.4 is 10.2 Å². The SMILES string of the molecule is CCNC(C)c1csc(N2CC(C)C(C)C2)n1. The summed E-state index contributed by atoms with van der Waals surface area (Å²) in [5.74, 6) is 1.57. The minimum atomic E-state index is 0.363. The summed E-state index contributed by atoms with van der Waals surface area (Å²) >= 11 is 1.78. The number of nitrogens with one attached hydrogen (secondary N) is 1. The van der Waals surface area contributed by atoms with Crippen molar-refractivity contribution >= 4 is 16.5 Å². The Balaban J connectivity index is 2.03. The van der Waals surface area contributed by atoms with Crippen LogP contribution in [0.25, 0.3) is 0 Å². The maximum absolute atomic E-state index is 4.76. The average molecular weight is 253 g/mol. The Hall–Kier alpha value is -0.610. The average Bonchev–Trinajstić information content (AvgIpc) is 2.87. The first-order valence-electron chi connectivity index (χ1n) is 6.55. The van der Waals surface area contributed by atoms with Gasteiger partial charge in [-0.3, -0.25) is 0 Å². The topological polar surface area (TPSA) is 28.2 Å². The van der Waals surface area contributed by atoms with Crippen LogP contribution in [0.2, 0.25) is 0 Å². The largest absolute Gasteiger partial charge is 0.348 e. The van der Waals surface area contributed by atoms with Gasteiger partial charge < -0.3 is 10.2 Å². The molecule has 2 heterocycles. The first kappa shape index (κ1) is 12.8. The highest BCUT2D eigenvalue weighted by Gasteiger charge is 2.27. The van der Waals surface area contributed by atoms with Gasteiger partial charge in [0.25, 0.3) is 0 Å². The molecule has 1 saturated heterocycles. The third-order valence-corrected chi connectivity index (χ3v) is 4.64. The summed E-state index contributed by atoms with van der Waals surface area (Å²) in [5, 5.41) is 6.79. The van der Waals surface area contributed by atoms with Gasteiger partial charge in [0.2, 0.25) is 0 Å². The summed E-state index contributed by atoms with van der Waals surface area (Å²) in [5.41, 5.74) is 1.18. The van der Waals surface area contributed by atoms with E-state index in [9.17, 15) is 0 Å². The molecule has 0 amide bonds. The van der Waals surface area contributed by atoms with Crippen molar-refractivity contribution in [3.63, 3.8) is 0 Å². The van der Waals surface area contributed by atoms with Gasteiger partial charge in [0.1, 0.15) is 0 Å². The fraction of sp³-hybridized carbons (Fsp3) is 0.769. The second-order valence-electron chi connectivity index (χ2n) is 5.19. The van der Waals surface area contributed by atoms with E-state index in [1.54, 1.807) is 11.3 Å². The lowest BCUT2D eigenvalue weighted by Crippen LogP contribution is -2.21. The zero-order valence-electron chi connectivity index (χ0n) is 11.2. The van der Waals surface area contributed by atoms with Gasteiger partial charge in [0, 0.05) is 24.5 Å². The van der Waals surface area contributed by atoms with Crippen molar-refractivity contribution in [1.82, 2.24) is 10.3 Å². The number of hydrogen-bond acceptors (Lipinski definition) is 4. The Morgan fingerprint density at radius 2 is 2.12 bits per heavy atom. The molecule has 1 aliphatic rings. The van der Waals surface area contributed by atoms with Crippen LogP contribution >= 0.6 is 11.3 Å². The smallest absolute Gasteiger partial charge is 0.185 e. The first-order valence-corrected chi connectivity index (χ1v) is 7.43. The molecule has 0 saturated carbocycles. The predicted molar refractivity (Wildman–Crippen MR) is 74.7 cm³/mol. The van der Waals surface area contributed by atoms with E-state index >= 15 is 0 Å². The molecule has 4 heteroatoms. The van der Waals surface area contributed by atoms with Gasteiger partial charge in [0.05, 0.1) is 5.69 Å². The fourth-order valence-electron chi connectivity index (χ4n) is 2.32. The summed E-state index contributed by atoms with van der Waals surface area (Å²) in [6.07, 6.45) is 0. The van der Waals surface area contributed by atoms with E-state index in [0.717, 1.165) is 31.5 Å². The Kier molecular flexibility index (Phi) is 4.05. The molecule has 1 aromatic heterocycles. The maximum atomic E-state index is 4.76. The molecule has 1 N–H and O–H groups in total. The third kappa shape index (κ3) is 2.80. The Morgan fingerprint density at radius 3 is 2.71 bits per heavy atom. The third-order valence-electron chi connectivity index (χ3n) is 3.72. The van der Waals surface area contributed by atoms with Crippen molar-refractivity contribution in [2.24, 2.45) is 11.8 Å². The molecule has 3 unspecified atom stereocenters. The van der Waals surface area contributed by atoms with E-state index in [1.807, 2.05) is 0 Å². The highest BCUT2D eigenvalue weighted by Crippen LogP contribution is 2.31. The zero-order chi connectivity index (χ0) is 12.4. The quantitative estimate of drug-likeness (QED) is 0.894. The lowest BCUT2D eigenvalue weighted by atomic mass is 10.0. The summed E-state index contributed by atoms with van der Waals surface area (Å²) in [6.45, 7) is 12.3. The van der Waals surface area contributed by atoms with Crippen molar-refractivity contribution in [3.8, 4) is 0 Å². The van der Waals surface area contributed by atoms with Gasteiger partial charge in [-0.15, -0.1) is 11.3 Å². The molecule has 0 aromatic carbocycles. The van der Waals surface area contributed by atoms with Crippen LogP contribution in [0.15, 0.2) is 5.38 Å². The number of rotatable bonds is 4. The van der Waals surface area contributed by atoms with Crippen molar-refractivity contribution in [2.45, 2.75) is 33.7 Å². The van der Waals surface area contributed by atoms with Gasteiger partial charge in [-0.05, 0) is 25.3 Å². The second-order valence-corrected chi connectivity index (χ2v) is 6.03. The molecular weight excluding hydrogens is 230 g/mol. The minimum absolute atomic E-state index is 0.363. The number of aromatic nitrogens is 1. The van der Waals surface area contributed by atoms with Crippen molar-refractivity contribution in [1.29, 1.82) is 0 Å². The van der Waals surface area contributed by atoms with E-state index in [2.05, 4.69) is 43.3 Å².